The topological polar surface area (TPSA) is 33.1 Å². The Balaban J connectivity index is 1.85. The van der Waals surface area contributed by atoms with Crippen molar-refractivity contribution in [3.05, 3.63) is 42.1 Å². The summed E-state index contributed by atoms with van der Waals surface area (Å²) < 4.78 is 0. The highest BCUT2D eigenvalue weighted by Gasteiger charge is 2.32. The van der Waals surface area contributed by atoms with Crippen molar-refractivity contribution in [3.8, 4) is 0 Å². The first-order chi connectivity index (χ1) is 8.75. The number of nitrogens with zero attached hydrogens (tertiary/aromatic N) is 1. The molecule has 2 aromatic rings. The fraction of sp³-hybridized carbons (Fsp3) is 0.438. The highest BCUT2D eigenvalue weighted by Crippen LogP contribution is 2.39. The van der Waals surface area contributed by atoms with E-state index in [0.29, 0.717) is 5.92 Å². The zero-order chi connectivity index (χ0) is 12.5. The third-order valence-electron chi connectivity index (χ3n) is 4.14. The minimum Gasteiger partial charge on any atom is -0.392 e. The van der Waals surface area contributed by atoms with Gasteiger partial charge in [-0.1, -0.05) is 25.1 Å². The molecule has 0 spiro atoms. The van der Waals surface area contributed by atoms with E-state index in [2.05, 4.69) is 18.0 Å². The molecule has 1 aliphatic carbocycles. The number of benzene rings is 1. The molecule has 0 aliphatic heterocycles. The molecule has 2 unspecified atom stereocenters. The van der Waals surface area contributed by atoms with Crippen LogP contribution in [-0.2, 0) is 6.42 Å². The van der Waals surface area contributed by atoms with E-state index in [-0.39, 0.29) is 6.10 Å². The first kappa shape index (κ1) is 11.7. The van der Waals surface area contributed by atoms with Crippen molar-refractivity contribution in [2.24, 2.45) is 11.8 Å². The molecule has 2 heteroatoms. The molecule has 1 saturated carbocycles. The van der Waals surface area contributed by atoms with Crippen LogP contribution in [0.5, 0.6) is 0 Å². The van der Waals surface area contributed by atoms with E-state index in [4.69, 9.17) is 0 Å². The summed E-state index contributed by atoms with van der Waals surface area (Å²) in [5, 5.41) is 11.5. The van der Waals surface area contributed by atoms with E-state index in [0.717, 1.165) is 17.9 Å². The lowest BCUT2D eigenvalue weighted by atomic mass is 9.92. The van der Waals surface area contributed by atoms with Crippen LogP contribution >= 0.6 is 0 Å². The average Bonchev–Trinajstić information content (AvgIpc) is 3.22. The smallest absolute Gasteiger partial charge is 0.0704 e. The van der Waals surface area contributed by atoms with Gasteiger partial charge in [-0.2, -0.15) is 0 Å². The normalized spacial score (nSPS) is 18.8. The molecule has 2 atom stereocenters. The molecule has 1 fully saturated rings. The van der Waals surface area contributed by atoms with Crippen LogP contribution in [0.3, 0.4) is 0 Å². The second kappa shape index (κ2) is 4.69. The van der Waals surface area contributed by atoms with Gasteiger partial charge < -0.3 is 5.11 Å². The molecule has 1 aliphatic rings. The van der Waals surface area contributed by atoms with Crippen molar-refractivity contribution in [2.45, 2.75) is 32.3 Å². The third kappa shape index (κ3) is 2.25. The number of hydrogen-bond acceptors (Lipinski definition) is 2. The van der Waals surface area contributed by atoms with Crippen molar-refractivity contribution in [1.29, 1.82) is 0 Å². The van der Waals surface area contributed by atoms with Crippen molar-refractivity contribution in [2.75, 3.05) is 0 Å². The van der Waals surface area contributed by atoms with Gasteiger partial charge in [-0.15, -0.1) is 0 Å². The van der Waals surface area contributed by atoms with Gasteiger partial charge in [0.15, 0.2) is 0 Å². The van der Waals surface area contributed by atoms with Gasteiger partial charge in [0.25, 0.3) is 0 Å². The number of para-hydroxylation sites is 1. The Morgan fingerprint density at radius 2 is 2.06 bits per heavy atom. The Morgan fingerprint density at radius 1 is 1.28 bits per heavy atom. The van der Waals surface area contributed by atoms with Crippen molar-refractivity contribution in [1.82, 2.24) is 4.98 Å². The molecule has 0 bridgehead atoms. The molecular formula is C16H19NO. The summed E-state index contributed by atoms with van der Waals surface area (Å²) in [6.45, 7) is 2.17. The predicted molar refractivity (Wildman–Crippen MR) is 73.3 cm³/mol. The van der Waals surface area contributed by atoms with E-state index in [1.807, 2.05) is 30.5 Å². The highest BCUT2D eigenvalue weighted by atomic mass is 16.3. The number of aromatic nitrogens is 1. The van der Waals surface area contributed by atoms with E-state index >= 15 is 0 Å². The summed E-state index contributed by atoms with van der Waals surface area (Å²) in [5.41, 5.74) is 2.22. The molecule has 0 amide bonds. The van der Waals surface area contributed by atoms with E-state index < -0.39 is 0 Å². The van der Waals surface area contributed by atoms with Crippen LogP contribution in [-0.4, -0.2) is 16.2 Å². The van der Waals surface area contributed by atoms with Crippen LogP contribution in [0.4, 0.5) is 0 Å². The molecule has 1 aromatic carbocycles. The number of fused-ring (bicyclic) bond motifs is 1. The van der Waals surface area contributed by atoms with Gasteiger partial charge in [-0.3, -0.25) is 4.98 Å². The van der Waals surface area contributed by atoms with Gasteiger partial charge in [0.1, 0.15) is 0 Å². The number of hydrogen-bond donors (Lipinski definition) is 1. The first-order valence-electron chi connectivity index (χ1n) is 6.76. The van der Waals surface area contributed by atoms with Crippen molar-refractivity contribution >= 4 is 10.9 Å². The summed E-state index contributed by atoms with van der Waals surface area (Å²) in [6, 6.07) is 10.2. The van der Waals surface area contributed by atoms with Crippen molar-refractivity contribution in [3.63, 3.8) is 0 Å². The Hall–Kier alpha value is -1.41. The van der Waals surface area contributed by atoms with Crippen LogP contribution in [0.25, 0.3) is 10.9 Å². The zero-order valence-corrected chi connectivity index (χ0v) is 10.7. The molecule has 0 saturated heterocycles. The van der Waals surface area contributed by atoms with Crippen LogP contribution in [0, 0.1) is 11.8 Å². The summed E-state index contributed by atoms with van der Waals surface area (Å²) in [5.74, 6) is 1.16. The lowest BCUT2D eigenvalue weighted by molar-refractivity contribution is 0.106. The molecule has 18 heavy (non-hydrogen) atoms. The number of aliphatic hydroxyl groups is 1. The molecular weight excluding hydrogens is 222 g/mol. The summed E-state index contributed by atoms with van der Waals surface area (Å²) in [6.07, 6.45) is 4.92. The van der Waals surface area contributed by atoms with Gasteiger partial charge in [0.05, 0.1) is 11.6 Å². The van der Waals surface area contributed by atoms with Gasteiger partial charge >= 0.3 is 0 Å². The maximum Gasteiger partial charge on any atom is 0.0704 e. The second-order valence-electron chi connectivity index (χ2n) is 5.46. The monoisotopic (exact) mass is 241 g/mol. The lowest BCUT2D eigenvalue weighted by Gasteiger charge is -2.19. The largest absolute Gasteiger partial charge is 0.392 e. The lowest BCUT2D eigenvalue weighted by Crippen LogP contribution is -2.22. The predicted octanol–water partition coefficient (Wildman–Crippen LogP) is 3.18. The van der Waals surface area contributed by atoms with Crippen LogP contribution < -0.4 is 0 Å². The molecule has 1 aromatic heterocycles. The Labute approximate surface area is 108 Å². The van der Waals surface area contributed by atoms with E-state index in [9.17, 15) is 5.11 Å². The first-order valence-corrected chi connectivity index (χ1v) is 6.76. The Morgan fingerprint density at radius 3 is 2.83 bits per heavy atom. The molecule has 2 nitrogen and oxygen atoms in total. The highest BCUT2D eigenvalue weighted by molar-refractivity contribution is 5.81. The maximum atomic E-state index is 10.3. The maximum absolute atomic E-state index is 10.3. The second-order valence-corrected chi connectivity index (χ2v) is 5.46. The van der Waals surface area contributed by atoms with Gasteiger partial charge in [-0.25, -0.2) is 0 Å². The summed E-state index contributed by atoms with van der Waals surface area (Å²) in [4.78, 5) is 4.36. The van der Waals surface area contributed by atoms with Crippen molar-refractivity contribution < 1.29 is 5.11 Å². The Kier molecular flexibility index (Phi) is 3.04. The van der Waals surface area contributed by atoms with Gasteiger partial charge in [-0.05, 0) is 48.8 Å². The molecule has 94 valence electrons. The summed E-state index contributed by atoms with van der Waals surface area (Å²) >= 11 is 0. The minimum atomic E-state index is -0.233. The quantitative estimate of drug-likeness (QED) is 0.891. The van der Waals surface area contributed by atoms with Gasteiger partial charge in [0, 0.05) is 11.6 Å². The van der Waals surface area contributed by atoms with Crippen LogP contribution in [0.2, 0.25) is 0 Å². The van der Waals surface area contributed by atoms with Crippen LogP contribution in [0.15, 0.2) is 36.5 Å². The fourth-order valence-corrected chi connectivity index (χ4v) is 2.68. The number of rotatable bonds is 4. The molecule has 1 heterocycles. The summed E-state index contributed by atoms with van der Waals surface area (Å²) in [7, 11) is 0. The van der Waals surface area contributed by atoms with E-state index in [1.54, 1.807) is 0 Å². The number of pyridine rings is 1. The molecule has 1 N–H and O–H groups in total. The molecule has 3 rings (SSSR count). The standard InChI is InChI=1S/C16H19NO/c1-11(12-6-7-12)16(18)10-13-8-9-17-15-5-3-2-4-14(13)15/h2-5,8-9,11-12,16,18H,6-7,10H2,1H3. The van der Waals surface area contributed by atoms with E-state index in [1.165, 1.54) is 23.8 Å². The SMILES string of the molecule is CC(C(O)Cc1ccnc2ccccc12)C1CC1. The number of aliphatic hydroxyl groups excluding tert-OH is 1. The zero-order valence-electron chi connectivity index (χ0n) is 10.7. The Bertz CT molecular complexity index is 542. The van der Waals surface area contributed by atoms with Crippen LogP contribution in [0.1, 0.15) is 25.3 Å². The average molecular weight is 241 g/mol. The third-order valence-corrected chi connectivity index (χ3v) is 4.14. The fourth-order valence-electron chi connectivity index (χ4n) is 2.68. The van der Waals surface area contributed by atoms with Gasteiger partial charge in [0.2, 0.25) is 0 Å². The minimum absolute atomic E-state index is 0.233. The molecule has 0 radical (unpaired) electrons.